The molecule has 3 rings (SSSR count). The number of carbonyl (C=O) groups is 1. The van der Waals surface area contributed by atoms with Crippen LogP contribution in [0.2, 0.25) is 0 Å². The zero-order valence-electron chi connectivity index (χ0n) is 13.7. The summed E-state index contributed by atoms with van der Waals surface area (Å²) >= 11 is 1.32. The lowest BCUT2D eigenvalue weighted by atomic mass is 10.1. The summed E-state index contributed by atoms with van der Waals surface area (Å²) in [5.74, 6) is -0.215. The lowest BCUT2D eigenvalue weighted by Gasteiger charge is -2.02. The van der Waals surface area contributed by atoms with E-state index in [9.17, 15) is 13.2 Å². The highest BCUT2D eigenvalue weighted by atomic mass is 32.2. The van der Waals surface area contributed by atoms with Crippen molar-refractivity contribution in [1.29, 1.82) is 0 Å². The molecular weight excluding hydrogens is 356 g/mol. The van der Waals surface area contributed by atoms with E-state index in [1.807, 2.05) is 24.4 Å². The van der Waals surface area contributed by atoms with Crippen molar-refractivity contribution in [3.8, 4) is 11.3 Å². The fourth-order valence-electron chi connectivity index (χ4n) is 2.21. The second kappa shape index (κ2) is 6.78. The van der Waals surface area contributed by atoms with Crippen molar-refractivity contribution in [2.45, 2.75) is 11.8 Å². The molecule has 0 aliphatic heterocycles. The van der Waals surface area contributed by atoms with Gasteiger partial charge in [-0.2, -0.15) is 0 Å². The quantitative estimate of drug-likeness (QED) is 0.756. The van der Waals surface area contributed by atoms with Crippen LogP contribution in [0.4, 0.5) is 5.13 Å². The van der Waals surface area contributed by atoms with Crippen LogP contribution in [0, 0.1) is 6.92 Å². The molecule has 3 aromatic rings. The number of rotatable bonds is 4. The highest BCUT2D eigenvalue weighted by Crippen LogP contribution is 2.26. The molecule has 0 saturated carbocycles. The van der Waals surface area contributed by atoms with E-state index >= 15 is 0 Å². The Bertz CT molecular complexity index is 1010. The summed E-state index contributed by atoms with van der Waals surface area (Å²) in [4.78, 5) is 16.9. The average Bonchev–Trinajstić information content (AvgIpc) is 3.03. The molecule has 7 heteroatoms. The van der Waals surface area contributed by atoms with Gasteiger partial charge in [0.1, 0.15) is 0 Å². The summed E-state index contributed by atoms with van der Waals surface area (Å²) in [6.45, 7) is 1.96. The number of nitrogens with one attached hydrogen (secondary N) is 1. The maximum atomic E-state index is 12.2. The van der Waals surface area contributed by atoms with Gasteiger partial charge in [-0.1, -0.05) is 29.8 Å². The molecule has 1 heterocycles. The van der Waals surface area contributed by atoms with Gasteiger partial charge in [0.2, 0.25) is 0 Å². The van der Waals surface area contributed by atoms with Crippen LogP contribution in [-0.2, 0) is 9.84 Å². The first-order valence-corrected chi connectivity index (χ1v) is 10.2. The Morgan fingerprint density at radius 1 is 1.04 bits per heavy atom. The zero-order valence-corrected chi connectivity index (χ0v) is 15.3. The lowest BCUT2D eigenvalue weighted by molar-refractivity contribution is 0.102. The second-order valence-electron chi connectivity index (χ2n) is 5.65. The third-order valence-corrected chi connectivity index (χ3v) is 5.50. The maximum Gasteiger partial charge on any atom is 0.257 e. The molecule has 2 aromatic carbocycles. The van der Waals surface area contributed by atoms with Gasteiger partial charge in [0.25, 0.3) is 5.91 Å². The van der Waals surface area contributed by atoms with Gasteiger partial charge in [0, 0.05) is 22.8 Å². The van der Waals surface area contributed by atoms with Crippen molar-refractivity contribution in [3.05, 3.63) is 65.0 Å². The highest BCUT2D eigenvalue weighted by Gasteiger charge is 2.11. The Labute approximate surface area is 150 Å². The number of nitrogens with zero attached hydrogens (tertiary/aromatic N) is 1. The topological polar surface area (TPSA) is 76.1 Å². The van der Waals surface area contributed by atoms with Gasteiger partial charge in [-0.15, -0.1) is 11.3 Å². The second-order valence-corrected chi connectivity index (χ2v) is 8.53. The molecule has 0 radical (unpaired) electrons. The van der Waals surface area contributed by atoms with E-state index in [-0.39, 0.29) is 10.8 Å². The fourth-order valence-corrected chi connectivity index (χ4v) is 3.56. The molecule has 25 heavy (non-hydrogen) atoms. The van der Waals surface area contributed by atoms with Crippen LogP contribution in [0.15, 0.2) is 58.8 Å². The monoisotopic (exact) mass is 372 g/mol. The summed E-state index contributed by atoms with van der Waals surface area (Å²) in [6, 6.07) is 13.8. The molecule has 0 saturated heterocycles. The third-order valence-electron chi connectivity index (χ3n) is 3.62. The van der Waals surface area contributed by atoms with Crippen LogP contribution >= 0.6 is 11.3 Å². The van der Waals surface area contributed by atoms with E-state index in [1.165, 1.54) is 17.6 Å². The summed E-state index contributed by atoms with van der Waals surface area (Å²) in [6.07, 6.45) is 1.17. The summed E-state index contributed by atoms with van der Waals surface area (Å²) in [5.41, 5.74) is 3.13. The number of hydrogen-bond donors (Lipinski definition) is 1. The number of carbonyl (C=O) groups excluding carboxylic acids is 1. The van der Waals surface area contributed by atoms with Crippen molar-refractivity contribution >= 4 is 32.2 Å². The van der Waals surface area contributed by atoms with Crippen molar-refractivity contribution in [1.82, 2.24) is 4.98 Å². The number of anilines is 1. The smallest absolute Gasteiger partial charge is 0.257 e. The lowest BCUT2D eigenvalue weighted by Crippen LogP contribution is -2.11. The molecule has 0 unspecified atom stereocenters. The Morgan fingerprint density at radius 2 is 1.68 bits per heavy atom. The largest absolute Gasteiger partial charge is 0.298 e. The first-order valence-electron chi connectivity index (χ1n) is 7.47. The zero-order chi connectivity index (χ0) is 18.0. The minimum atomic E-state index is -3.22. The Balaban J connectivity index is 1.76. The predicted octanol–water partition coefficient (Wildman–Crippen LogP) is 3.77. The van der Waals surface area contributed by atoms with Crippen molar-refractivity contribution in [3.63, 3.8) is 0 Å². The molecule has 0 aliphatic carbocycles. The number of thiazole rings is 1. The molecule has 1 aromatic heterocycles. The van der Waals surface area contributed by atoms with Crippen LogP contribution < -0.4 is 5.32 Å². The van der Waals surface area contributed by atoms with Crippen molar-refractivity contribution < 1.29 is 13.2 Å². The minimum absolute atomic E-state index is 0.215. The Morgan fingerprint density at radius 3 is 2.28 bits per heavy atom. The van der Waals surface area contributed by atoms with Crippen molar-refractivity contribution in [2.24, 2.45) is 0 Å². The van der Waals surface area contributed by atoms with E-state index in [0.29, 0.717) is 16.4 Å². The normalized spacial score (nSPS) is 11.3. The van der Waals surface area contributed by atoms with E-state index in [1.54, 1.807) is 36.4 Å². The predicted molar refractivity (Wildman–Crippen MR) is 99.8 cm³/mol. The average molecular weight is 372 g/mol. The van der Waals surface area contributed by atoms with Gasteiger partial charge in [-0.05, 0) is 31.2 Å². The molecule has 1 amide bonds. The number of amides is 1. The van der Waals surface area contributed by atoms with Gasteiger partial charge in [-0.25, -0.2) is 13.4 Å². The minimum Gasteiger partial charge on any atom is -0.298 e. The molecule has 0 bridgehead atoms. The summed E-state index contributed by atoms with van der Waals surface area (Å²) < 4.78 is 23.0. The summed E-state index contributed by atoms with van der Waals surface area (Å²) in [5, 5.41) is 5.09. The number of sulfone groups is 1. The first-order chi connectivity index (χ1) is 11.8. The first kappa shape index (κ1) is 17.3. The van der Waals surface area contributed by atoms with Gasteiger partial charge in [-0.3, -0.25) is 10.1 Å². The van der Waals surface area contributed by atoms with Crippen LogP contribution in [0.1, 0.15) is 15.9 Å². The van der Waals surface area contributed by atoms with Crippen LogP contribution in [0.25, 0.3) is 11.3 Å². The molecular formula is C18H16N2O3S2. The summed E-state index contributed by atoms with van der Waals surface area (Å²) in [7, 11) is -3.22. The number of aromatic nitrogens is 1. The molecule has 0 aliphatic rings. The van der Waals surface area contributed by atoms with E-state index in [0.717, 1.165) is 11.1 Å². The third kappa shape index (κ3) is 4.12. The van der Waals surface area contributed by atoms with Gasteiger partial charge < -0.3 is 0 Å². The standard InChI is InChI=1S/C18H16N2O3S2/c1-12-3-5-14(6-4-12)17(21)20-18-19-16(11-24-18)13-7-9-15(10-8-13)25(2,22)23/h3-11H,1-2H3,(H,19,20,21). The van der Waals surface area contributed by atoms with Crippen LogP contribution in [-0.4, -0.2) is 25.6 Å². The van der Waals surface area contributed by atoms with E-state index in [4.69, 9.17) is 0 Å². The SMILES string of the molecule is Cc1ccc(C(=O)Nc2nc(-c3ccc(S(C)(=O)=O)cc3)cs2)cc1. The Hall–Kier alpha value is -2.51. The highest BCUT2D eigenvalue weighted by molar-refractivity contribution is 7.90. The van der Waals surface area contributed by atoms with Crippen LogP contribution in [0.5, 0.6) is 0 Å². The van der Waals surface area contributed by atoms with Gasteiger partial charge in [0.05, 0.1) is 10.6 Å². The molecule has 0 atom stereocenters. The molecule has 5 nitrogen and oxygen atoms in total. The molecule has 128 valence electrons. The van der Waals surface area contributed by atoms with Gasteiger partial charge >= 0.3 is 0 Å². The molecule has 0 spiro atoms. The number of benzene rings is 2. The van der Waals surface area contributed by atoms with Crippen molar-refractivity contribution in [2.75, 3.05) is 11.6 Å². The van der Waals surface area contributed by atoms with Gasteiger partial charge in [0.15, 0.2) is 15.0 Å². The molecule has 0 fully saturated rings. The molecule has 1 N–H and O–H groups in total. The fraction of sp³-hybridized carbons (Fsp3) is 0.111. The van der Waals surface area contributed by atoms with E-state index < -0.39 is 9.84 Å². The maximum absolute atomic E-state index is 12.2. The Kier molecular flexibility index (Phi) is 4.69. The van der Waals surface area contributed by atoms with E-state index in [2.05, 4.69) is 10.3 Å². The number of aryl methyl sites for hydroxylation is 1. The van der Waals surface area contributed by atoms with Crippen LogP contribution in [0.3, 0.4) is 0 Å². The number of hydrogen-bond acceptors (Lipinski definition) is 5.